The molecule has 1 saturated heterocycles. The van der Waals surface area contributed by atoms with Gasteiger partial charge in [-0.1, -0.05) is 59.8 Å². The quantitative estimate of drug-likeness (QED) is 0.270. The van der Waals surface area contributed by atoms with E-state index in [2.05, 4.69) is 0 Å². The summed E-state index contributed by atoms with van der Waals surface area (Å²) in [5, 5.41) is 0.650. The van der Waals surface area contributed by atoms with Crippen molar-refractivity contribution >= 4 is 63.3 Å². The Morgan fingerprint density at radius 2 is 1.79 bits per heavy atom. The summed E-state index contributed by atoms with van der Waals surface area (Å²) >= 11 is 13.0. The fourth-order valence-corrected chi connectivity index (χ4v) is 4.89. The molecule has 0 N–H and O–H groups in total. The number of carbonyl (C=O) groups is 1. The molecule has 1 aliphatic heterocycles. The second-order valence-corrected chi connectivity index (χ2v) is 9.80. The molecule has 1 aliphatic rings. The SMILES string of the molecule is COc1cc(/C=C2/SC(=S)N(c3ccc(N(C)C)cc3)C2=O)ccc1OCc1ccccc1Cl. The van der Waals surface area contributed by atoms with Gasteiger partial charge in [0.15, 0.2) is 15.8 Å². The van der Waals surface area contributed by atoms with Gasteiger partial charge in [0.2, 0.25) is 0 Å². The van der Waals surface area contributed by atoms with Crippen molar-refractivity contribution in [3.05, 3.63) is 87.8 Å². The number of ether oxygens (including phenoxy) is 2. The van der Waals surface area contributed by atoms with Crippen LogP contribution < -0.4 is 19.3 Å². The standard InChI is InChI=1S/C26H23ClN2O3S2/c1-28(2)19-9-11-20(12-10-19)29-25(30)24(34-26(29)33)15-17-8-13-22(23(14-17)31-3)32-16-18-6-4-5-7-21(18)27/h4-15H,16H2,1-3H3/b24-15+. The normalized spacial score (nSPS) is 14.6. The summed E-state index contributed by atoms with van der Waals surface area (Å²) < 4.78 is 11.9. The van der Waals surface area contributed by atoms with Gasteiger partial charge in [0.25, 0.3) is 5.91 Å². The lowest BCUT2D eigenvalue weighted by Crippen LogP contribution is -2.27. The number of anilines is 2. The van der Waals surface area contributed by atoms with E-state index < -0.39 is 0 Å². The average Bonchev–Trinajstić information content (AvgIpc) is 3.11. The van der Waals surface area contributed by atoms with Crippen molar-refractivity contribution in [1.82, 2.24) is 0 Å². The molecule has 4 rings (SSSR count). The van der Waals surface area contributed by atoms with Crippen LogP contribution in [-0.4, -0.2) is 31.4 Å². The van der Waals surface area contributed by atoms with E-state index in [1.54, 1.807) is 12.0 Å². The second kappa shape index (κ2) is 10.5. The summed E-state index contributed by atoms with van der Waals surface area (Å²) in [6, 6.07) is 20.8. The first kappa shape index (κ1) is 24.1. The molecule has 0 radical (unpaired) electrons. The number of methoxy groups -OCH3 is 1. The number of halogens is 1. The van der Waals surface area contributed by atoms with Crippen molar-refractivity contribution in [2.45, 2.75) is 6.61 Å². The number of nitrogens with zero attached hydrogens (tertiary/aromatic N) is 2. The van der Waals surface area contributed by atoms with E-state index in [9.17, 15) is 4.79 Å². The van der Waals surface area contributed by atoms with Crippen LogP contribution in [0.15, 0.2) is 71.6 Å². The van der Waals surface area contributed by atoms with Gasteiger partial charge in [-0.3, -0.25) is 9.69 Å². The topological polar surface area (TPSA) is 42.0 Å². The Labute approximate surface area is 213 Å². The summed E-state index contributed by atoms with van der Waals surface area (Å²) in [6.07, 6.45) is 1.81. The maximum absolute atomic E-state index is 13.1. The van der Waals surface area contributed by atoms with Crippen LogP contribution in [0.5, 0.6) is 11.5 Å². The molecule has 8 heteroatoms. The van der Waals surface area contributed by atoms with Crippen molar-refractivity contribution in [2.24, 2.45) is 0 Å². The minimum absolute atomic E-state index is 0.148. The fourth-order valence-electron chi connectivity index (χ4n) is 3.41. The number of thiocarbonyl (C=S) groups is 1. The van der Waals surface area contributed by atoms with Crippen LogP contribution in [0.1, 0.15) is 11.1 Å². The van der Waals surface area contributed by atoms with Crippen LogP contribution in [-0.2, 0) is 11.4 Å². The number of amides is 1. The summed E-state index contributed by atoms with van der Waals surface area (Å²) in [5.74, 6) is 1.01. The number of rotatable bonds is 7. The van der Waals surface area contributed by atoms with E-state index in [1.807, 2.05) is 91.8 Å². The Morgan fingerprint density at radius 3 is 2.47 bits per heavy atom. The zero-order valence-corrected chi connectivity index (χ0v) is 21.3. The summed E-state index contributed by atoms with van der Waals surface area (Å²) in [4.78, 5) is 17.2. The van der Waals surface area contributed by atoms with Crippen LogP contribution in [0.25, 0.3) is 6.08 Å². The monoisotopic (exact) mass is 510 g/mol. The van der Waals surface area contributed by atoms with Gasteiger partial charge in [-0.2, -0.15) is 0 Å². The van der Waals surface area contributed by atoms with Gasteiger partial charge >= 0.3 is 0 Å². The zero-order valence-electron chi connectivity index (χ0n) is 18.9. The van der Waals surface area contributed by atoms with Gasteiger partial charge in [0.1, 0.15) is 6.61 Å². The molecule has 0 bridgehead atoms. The largest absolute Gasteiger partial charge is 0.493 e. The third-order valence-corrected chi connectivity index (χ3v) is 6.92. The number of hydrogen-bond acceptors (Lipinski definition) is 6. The van der Waals surface area contributed by atoms with Gasteiger partial charge in [0.05, 0.1) is 17.7 Å². The molecule has 0 saturated carbocycles. The molecule has 0 unspecified atom stereocenters. The number of carbonyl (C=O) groups excluding carboxylic acids is 1. The summed E-state index contributed by atoms with van der Waals surface area (Å²) in [6.45, 7) is 0.320. The molecule has 1 heterocycles. The van der Waals surface area contributed by atoms with Crippen LogP contribution in [0.4, 0.5) is 11.4 Å². The van der Waals surface area contributed by atoms with Crippen molar-refractivity contribution in [3.8, 4) is 11.5 Å². The lowest BCUT2D eigenvalue weighted by Gasteiger charge is -2.17. The number of thioether (sulfide) groups is 1. The molecule has 5 nitrogen and oxygen atoms in total. The zero-order chi connectivity index (χ0) is 24.2. The molecule has 1 amide bonds. The lowest BCUT2D eigenvalue weighted by molar-refractivity contribution is -0.113. The number of benzene rings is 3. The second-order valence-electron chi connectivity index (χ2n) is 7.72. The van der Waals surface area contributed by atoms with Gasteiger partial charge < -0.3 is 14.4 Å². The molecule has 0 aliphatic carbocycles. The molecule has 0 atom stereocenters. The van der Waals surface area contributed by atoms with E-state index in [0.29, 0.717) is 32.4 Å². The smallest absolute Gasteiger partial charge is 0.270 e. The van der Waals surface area contributed by atoms with E-state index in [4.69, 9.17) is 33.3 Å². The molecule has 174 valence electrons. The Bertz CT molecular complexity index is 1260. The molecule has 0 spiro atoms. The Morgan fingerprint density at radius 1 is 1.06 bits per heavy atom. The highest BCUT2D eigenvalue weighted by Crippen LogP contribution is 2.38. The van der Waals surface area contributed by atoms with E-state index in [0.717, 1.165) is 22.5 Å². The maximum atomic E-state index is 13.1. The van der Waals surface area contributed by atoms with Gasteiger partial charge in [-0.15, -0.1) is 0 Å². The molecular formula is C26H23ClN2O3S2. The highest BCUT2D eigenvalue weighted by Gasteiger charge is 2.33. The van der Waals surface area contributed by atoms with E-state index in [1.165, 1.54) is 11.8 Å². The average molecular weight is 511 g/mol. The molecule has 3 aromatic rings. The highest BCUT2D eigenvalue weighted by molar-refractivity contribution is 8.27. The van der Waals surface area contributed by atoms with Crippen LogP contribution in [0.2, 0.25) is 5.02 Å². The minimum atomic E-state index is -0.148. The van der Waals surface area contributed by atoms with E-state index in [-0.39, 0.29) is 5.91 Å². The first-order valence-corrected chi connectivity index (χ1v) is 12.1. The van der Waals surface area contributed by atoms with Crippen molar-refractivity contribution in [1.29, 1.82) is 0 Å². The fraction of sp³-hybridized carbons (Fsp3) is 0.154. The van der Waals surface area contributed by atoms with E-state index >= 15 is 0 Å². The first-order valence-electron chi connectivity index (χ1n) is 10.5. The molecular weight excluding hydrogens is 488 g/mol. The lowest BCUT2D eigenvalue weighted by atomic mass is 10.1. The van der Waals surface area contributed by atoms with Gasteiger partial charge in [-0.05, 0) is 54.1 Å². The Kier molecular flexibility index (Phi) is 7.46. The van der Waals surface area contributed by atoms with Crippen LogP contribution in [0.3, 0.4) is 0 Å². The summed E-state index contributed by atoms with van der Waals surface area (Å²) in [5.41, 5.74) is 3.49. The van der Waals surface area contributed by atoms with Gasteiger partial charge in [-0.25, -0.2) is 0 Å². The van der Waals surface area contributed by atoms with Crippen LogP contribution >= 0.6 is 35.6 Å². The third-order valence-electron chi connectivity index (χ3n) is 5.24. The maximum Gasteiger partial charge on any atom is 0.270 e. The van der Waals surface area contributed by atoms with Crippen LogP contribution in [0, 0.1) is 0 Å². The predicted molar refractivity (Wildman–Crippen MR) is 145 cm³/mol. The number of hydrogen-bond donors (Lipinski definition) is 0. The molecule has 3 aromatic carbocycles. The van der Waals surface area contributed by atoms with Crippen molar-refractivity contribution in [3.63, 3.8) is 0 Å². The minimum Gasteiger partial charge on any atom is -0.493 e. The molecule has 1 fully saturated rings. The highest BCUT2D eigenvalue weighted by atomic mass is 35.5. The Hall–Kier alpha value is -3.00. The van der Waals surface area contributed by atoms with Gasteiger partial charge in [0, 0.05) is 30.4 Å². The summed E-state index contributed by atoms with van der Waals surface area (Å²) in [7, 11) is 5.52. The Balaban J connectivity index is 1.52. The molecule has 0 aromatic heterocycles. The predicted octanol–water partition coefficient (Wildman–Crippen LogP) is 6.40. The third kappa shape index (κ3) is 5.22. The first-order chi connectivity index (χ1) is 16.4. The molecule has 34 heavy (non-hydrogen) atoms. The van der Waals surface area contributed by atoms with Crippen molar-refractivity contribution in [2.75, 3.05) is 31.0 Å². The van der Waals surface area contributed by atoms with Crippen molar-refractivity contribution < 1.29 is 14.3 Å².